The van der Waals surface area contributed by atoms with Crippen LogP contribution in [0.4, 0.5) is 4.39 Å². The first-order valence-electron chi connectivity index (χ1n) is 10.1. The van der Waals surface area contributed by atoms with E-state index in [1.807, 2.05) is 32.0 Å². The number of carbonyl (C=O) groups is 1. The number of pyridine rings is 1. The molecular weight excluding hydrogens is 383 g/mol. The van der Waals surface area contributed by atoms with Gasteiger partial charge in [0.15, 0.2) is 0 Å². The fourth-order valence-electron chi connectivity index (χ4n) is 4.05. The Morgan fingerprint density at radius 2 is 2.20 bits per heavy atom. The predicted octanol–water partition coefficient (Wildman–Crippen LogP) is 3.44. The van der Waals surface area contributed by atoms with Gasteiger partial charge in [0.2, 0.25) is 11.9 Å². The molecule has 2 aromatic heterocycles. The van der Waals surface area contributed by atoms with E-state index in [0.29, 0.717) is 12.2 Å². The molecule has 2 heterocycles. The van der Waals surface area contributed by atoms with Crippen LogP contribution < -0.4 is 5.32 Å². The average Bonchev–Trinajstić information content (AvgIpc) is 3.24. The normalized spacial score (nSPS) is 15.8. The molecule has 1 aliphatic rings. The summed E-state index contributed by atoms with van der Waals surface area (Å²) in [6.07, 6.45) is 3.17. The van der Waals surface area contributed by atoms with Crippen LogP contribution in [-0.4, -0.2) is 34.8 Å². The largest absolute Gasteiger partial charge is 0.399 e. The third-order valence-electron chi connectivity index (χ3n) is 5.47. The number of nitrogens with zero attached hydrogens (tertiary/aromatic N) is 3. The lowest BCUT2D eigenvalue weighted by molar-refractivity contribution is -0.124. The van der Waals surface area contributed by atoms with E-state index in [4.69, 9.17) is 4.84 Å². The Morgan fingerprint density at radius 3 is 2.93 bits per heavy atom. The summed E-state index contributed by atoms with van der Waals surface area (Å²) in [5.41, 5.74) is 5.03. The van der Waals surface area contributed by atoms with Gasteiger partial charge < -0.3 is 14.7 Å². The second-order valence-corrected chi connectivity index (χ2v) is 7.93. The highest BCUT2D eigenvalue weighted by Gasteiger charge is 2.30. The van der Waals surface area contributed by atoms with Gasteiger partial charge in [0, 0.05) is 35.0 Å². The molecule has 0 saturated heterocycles. The highest BCUT2D eigenvalue weighted by atomic mass is 19.1. The van der Waals surface area contributed by atoms with Crippen LogP contribution in [-0.2, 0) is 29.0 Å². The number of oxime groups is 1. The number of nitrogens with one attached hydrogen (secondary N) is 1. The van der Waals surface area contributed by atoms with Gasteiger partial charge >= 0.3 is 0 Å². The molecule has 4 rings (SSSR count). The smallest absolute Gasteiger partial charge is 0.222 e. The van der Waals surface area contributed by atoms with Crippen molar-refractivity contribution in [2.75, 3.05) is 7.11 Å². The summed E-state index contributed by atoms with van der Waals surface area (Å²) in [7, 11) is 1.51. The van der Waals surface area contributed by atoms with E-state index in [0.717, 1.165) is 35.0 Å². The molecule has 1 aliphatic carbocycles. The monoisotopic (exact) mass is 408 g/mol. The Balaban J connectivity index is 1.75. The zero-order valence-corrected chi connectivity index (χ0v) is 17.4. The van der Waals surface area contributed by atoms with Crippen molar-refractivity contribution in [2.24, 2.45) is 11.1 Å². The van der Waals surface area contributed by atoms with Crippen molar-refractivity contribution in [3.63, 3.8) is 0 Å². The molecule has 30 heavy (non-hydrogen) atoms. The van der Waals surface area contributed by atoms with Crippen LogP contribution in [0.5, 0.6) is 0 Å². The fourth-order valence-corrected chi connectivity index (χ4v) is 4.05. The molecule has 0 bridgehead atoms. The number of hydrogen-bond acceptors (Lipinski definition) is 4. The fraction of sp³-hybridized carbons (Fsp3) is 0.348. The molecule has 0 radical (unpaired) electrons. The second-order valence-electron chi connectivity index (χ2n) is 7.93. The summed E-state index contributed by atoms with van der Waals surface area (Å²) in [6.45, 7) is 4.26. The molecule has 1 atom stereocenters. The topological polar surface area (TPSA) is 68.5 Å². The summed E-state index contributed by atoms with van der Waals surface area (Å²) in [5.74, 6) is -0.487. The number of rotatable bonds is 6. The summed E-state index contributed by atoms with van der Waals surface area (Å²) in [6, 6.07) is 11.0. The lowest BCUT2D eigenvalue weighted by atomic mass is 10.1. The molecule has 3 aromatic rings. The highest BCUT2D eigenvalue weighted by Crippen LogP contribution is 2.34. The van der Waals surface area contributed by atoms with Crippen LogP contribution in [0.3, 0.4) is 0 Å². The van der Waals surface area contributed by atoms with Gasteiger partial charge in [0.1, 0.15) is 7.11 Å². The van der Waals surface area contributed by atoms with Crippen molar-refractivity contribution in [2.45, 2.75) is 39.3 Å². The van der Waals surface area contributed by atoms with Crippen molar-refractivity contribution >= 4 is 23.0 Å². The zero-order valence-electron chi connectivity index (χ0n) is 17.4. The Hall–Kier alpha value is -3.22. The second kappa shape index (κ2) is 8.26. The Bertz CT molecular complexity index is 1120. The van der Waals surface area contributed by atoms with Crippen LogP contribution >= 0.6 is 0 Å². The molecule has 1 unspecified atom stereocenters. The molecule has 6 nitrogen and oxygen atoms in total. The maximum absolute atomic E-state index is 13.6. The molecular formula is C23H25FN4O2. The van der Waals surface area contributed by atoms with Crippen LogP contribution in [0, 0.1) is 11.9 Å². The number of carbonyl (C=O) groups excluding carboxylic acids is 1. The van der Waals surface area contributed by atoms with Crippen molar-refractivity contribution in [3.05, 3.63) is 64.9 Å². The summed E-state index contributed by atoms with van der Waals surface area (Å²) in [4.78, 5) is 21.1. The quantitative estimate of drug-likeness (QED) is 0.386. The molecule has 0 fully saturated rings. The SMILES string of the molecule is CO/N=C/c1ccc2c(c1)c1c(n2Cc2cccc(F)n2)CC(NC(=O)C(C)C)C1. The van der Waals surface area contributed by atoms with Gasteiger partial charge in [-0.1, -0.05) is 31.1 Å². The number of fused-ring (bicyclic) bond motifs is 3. The minimum atomic E-state index is -0.485. The minimum absolute atomic E-state index is 0.0531. The Kier molecular flexibility index (Phi) is 5.53. The first-order chi connectivity index (χ1) is 14.5. The van der Waals surface area contributed by atoms with Crippen LogP contribution in [0.15, 0.2) is 41.6 Å². The van der Waals surface area contributed by atoms with Crippen molar-refractivity contribution in [1.29, 1.82) is 0 Å². The first kappa shape index (κ1) is 20.1. The van der Waals surface area contributed by atoms with E-state index in [1.54, 1.807) is 12.3 Å². The molecule has 156 valence electrons. The van der Waals surface area contributed by atoms with E-state index < -0.39 is 5.95 Å². The van der Waals surface area contributed by atoms with E-state index in [-0.39, 0.29) is 17.9 Å². The molecule has 0 saturated carbocycles. The van der Waals surface area contributed by atoms with Crippen LogP contribution in [0.2, 0.25) is 0 Å². The lowest BCUT2D eigenvalue weighted by Gasteiger charge is -2.16. The highest BCUT2D eigenvalue weighted by molar-refractivity contribution is 5.93. The van der Waals surface area contributed by atoms with E-state index in [9.17, 15) is 9.18 Å². The third kappa shape index (κ3) is 3.92. The summed E-state index contributed by atoms with van der Waals surface area (Å²) in [5, 5.41) is 8.12. The van der Waals surface area contributed by atoms with Gasteiger partial charge in [0.05, 0.1) is 18.5 Å². The number of hydrogen-bond donors (Lipinski definition) is 1. The van der Waals surface area contributed by atoms with Crippen LogP contribution in [0.25, 0.3) is 10.9 Å². The van der Waals surface area contributed by atoms with E-state index in [1.165, 1.54) is 18.7 Å². The first-order valence-corrected chi connectivity index (χ1v) is 10.1. The summed E-state index contributed by atoms with van der Waals surface area (Å²) >= 11 is 0. The van der Waals surface area contributed by atoms with Gasteiger partial charge in [-0.3, -0.25) is 4.79 Å². The minimum Gasteiger partial charge on any atom is -0.399 e. The average molecular weight is 408 g/mol. The van der Waals surface area contributed by atoms with Gasteiger partial charge in [-0.05, 0) is 41.8 Å². The number of amides is 1. The van der Waals surface area contributed by atoms with Gasteiger partial charge in [0.25, 0.3) is 0 Å². The molecule has 7 heteroatoms. The Labute approximate surface area is 174 Å². The van der Waals surface area contributed by atoms with Gasteiger partial charge in [-0.25, -0.2) is 4.98 Å². The molecule has 0 spiro atoms. The predicted molar refractivity (Wildman–Crippen MR) is 114 cm³/mol. The van der Waals surface area contributed by atoms with Crippen LogP contribution in [0.1, 0.15) is 36.4 Å². The number of halogens is 1. The van der Waals surface area contributed by atoms with Crippen molar-refractivity contribution in [3.8, 4) is 0 Å². The molecule has 1 amide bonds. The van der Waals surface area contributed by atoms with E-state index in [2.05, 4.69) is 26.1 Å². The maximum atomic E-state index is 13.6. The zero-order chi connectivity index (χ0) is 21.3. The van der Waals surface area contributed by atoms with Gasteiger partial charge in [-0.2, -0.15) is 4.39 Å². The molecule has 1 aromatic carbocycles. The van der Waals surface area contributed by atoms with Crippen molar-refractivity contribution in [1.82, 2.24) is 14.9 Å². The number of benzene rings is 1. The third-order valence-corrected chi connectivity index (χ3v) is 5.47. The standard InChI is InChI=1S/C23H25FN4O2/c1-14(2)23(29)27-17-10-19-18-9-15(12-25-30-3)7-8-20(18)28(21(19)11-17)13-16-5-4-6-22(24)26-16/h4-9,12,14,17H,10-11,13H2,1-3H3,(H,27,29)/b25-12+. The van der Waals surface area contributed by atoms with Gasteiger partial charge in [-0.15, -0.1) is 0 Å². The van der Waals surface area contributed by atoms with E-state index >= 15 is 0 Å². The van der Waals surface area contributed by atoms with Crippen molar-refractivity contribution < 1.29 is 14.0 Å². The maximum Gasteiger partial charge on any atom is 0.222 e. The molecule has 0 aliphatic heterocycles. The summed E-state index contributed by atoms with van der Waals surface area (Å²) < 4.78 is 15.8. The number of aromatic nitrogens is 2. The Morgan fingerprint density at radius 1 is 1.37 bits per heavy atom. The lowest BCUT2D eigenvalue weighted by Crippen LogP contribution is -2.38. The molecule has 1 N–H and O–H groups in total.